The van der Waals surface area contributed by atoms with E-state index < -0.39 is 18.1 Å². The number of phenols is 1. The standard InChI is InChI=1S/C19H20F2O3.C2H6/c20-19(21)12-4-7-17(23-13-14-5-2-1-3-6-14)18(19)24-16-10-8-15(22)9-11-16;1-2/h1-3,5-6,8-11,17-18,22H,4,7,12-13H2;1-2H3. The van der Waals surface area contributed by atoms with Crippen molar-refractivity contribution in [3.63, 3.8) is 0 Å². The molecule has 1 saturated carbocycles. The minimum absolute atomic E-state index is 0.0645. The Morgan fingerprint density at radius 2 is 1.69 bits per heavy atom. The van der Waals surface area contributed by atoms with Crippen LogP contribution in [0.4, 0.5) is 8.78 Å². The van der Waals surface area contributed by atoms with E-state index in [1.165, 1.54) is 24.3 Å². The fraction of sp³-hybridized carbons (Fsp3) is 0.429. The highest BCUT2D eigenvalue weighted by Crippen LogP contribution is 2.38. The second-order valence-electron chi connectivity index (χ2n) is 6.02. The molecule has 26 heavy (non-hydrogen) atoms. The van der Waals surface area contributed by atoms with Gasteiger partial charge in [-0.25, -0.2) is 8.78 Å². The molecule has 0 aliphatic heterocycles. The molecular weight excluding hydrogens is 338 g/mol. The van der Waals surface area contributed by atoms with Gasteiger partial charge in [-0.3, -0.25) is 0 Å². The Kier molecular flexibility index (Phi) is 7.39. The van der Waals surface area contributed by atoms with Crippen LogP contribution >= 0.6 is 0 Å². The first kappa shape index (κ1) is 20.2. The van der Waals surface area contributed by atoms with Crippen LogP contribution in [0.15, 0.2) is 54.6 Å². The summed E-state index contributed by atoms with van der Waals surface area (Å²) in [6, 6.07) is 15.3. The highest BCUT2D eigenvalue weighted by molar-refractivity contribution is 5.30. The van der Waals surface area contributed by atoms with Gasteiger partial charge >= 0.3 is 0 Å². The van der Waals surface area contributed by atoms with Crippen molar-refractivity contribution in [3.05, 3.63) is 60.2 Å². The van der Waals surface area contributed by atoms with Gasteiger partial charge < -0.3 is 14.6 Å². The van der Waals surface area contributed by atoms with Gasteiger partial charge in [-0.15, -0.1) is 0 Å². The lowest BCUT2D eigenvalue weighted by Gasteiger charge is -2.37. The minimum Gasteiger partial charge on any atom is -0.508 e. The Morgan fingerprint density at radius 1 is 1.04 bits per heavy atom. The lowest BCUT2D eigenvalue weighted by Crippen LogP contribution is -2.51. The third kappa shape index (κ3) is 5.43. The summed E-state index contributed by atoms with van der Waals surface area (Å²) in [7, 11) is 0. The molecule has 0 spiro atoms. The van der Waals surface area contributed by atoms with Gasteiger partial charge in [0.2, 0.25) is 0 Å². The first-order chi connectivity index (χ1) is 12.5. The summed E-state index contributed by atoms with van der Waals surface area (Å²) < 4.78 is 40.0. The third-order valence-corrected chi connectivity index (χ3v) is 4.16. The van der Waals surface area contributed by atoms with Gasteiger partial charge in [0.05, 0.1) is 6.61 Å². The topological polar surface area (TPSA) is 38.7 Å². The summed E-state index contributed by atoms with van der Waals surface area (Å²) in [5.41, 5.74) is 0.940. The third-order valence-electron chi connectivity index (χ3n) is 4.16. The van der Waals surface area contributed by atoms with Crippen LogP contribution in [0.2, 0.25) is 0 Å². The van der Waals surface area contributed by atoms with Gasteiger partial charge in [0.15, 0.2) is 6.10 Å². The summed E-state index contributed by atoms with van der Waals surface area (Å²) in [5.74, 6) is -2.58. The molecule has 0 aromatic heterocycles. The molecule has 2 unspecified atom stereocenters. The highest BCUT2D eigenvalue weighted by Gasteiger charge is 2.49. The van der Waals surface area contributed by atoms with E-state index in [-0.39, 0.29) is 18.8 Å². The monoisotopic (exact) mass is 364 g/mol. The van der Waals surface area contributed by atoms with Gasteiger partial charge in [0.25, 0.3) is 5.92 Å². The Balaban J connectivity index is 0.00000117. The minimum atomic E-state index is -2.95. The Labute approximate surface area is 153 Å². The molecule has 2 aromatic carbocycles. The van der Waals surface area contributed by atoms with Crippen molar-refractivity contribution in [3.8, 4) is 11.5 Å². The lowest BCUT2D eigenvalue weighted by atomic mass is 9.90. The normalized spacial score (nSPS) is 21.4. The number of rotatable bonds is 5. The van der Waals surface area contributed by atoms with Crippen molar-refractivity contribution in [2.45, 2.75) is 57.8 Å². The lowest BCUT2D eigenvalue weighted by molar-refractivity contribution is -0.181. The van der Waals surface area contributed by atoms with Gasteiger partial charge in [-0.2, -0.15) is 0 Å². The number of aromatic hydroxyl groups is 1. The summed E-state index contributed by atoms with van der Waals surface area (Å²) in [6.45, 7) is 4.27. The van der Waals surface area contributed by atoms with Crippen LogP contribution in [-0.2, 0) is 11.3 Å². The Hall–Kier alpha value is -2.14. The van der Waals surface area contributed by atoms with Crippen molar-refractivity contribution in [2.24, 2.45) is 0 Å². The van der Waals surface area contributed by atoms with Crippen LogP contribution < -0.4 is 4.74 Å². The predicted octanol–water partition coefficient (Wildman–Crippen LogP) is 5.57. The number of hydrogen-bond acceptors (Lipinski definition) is 3. The van der Waals surface area contributed by atoms with E-state index in [0.717, 1.165) is 5.56 Å². The summed E-state index contributed by atoms with van der Waals surface area (Å²) >= 11 is 0. The number of ether oxygens (including phenoxy) is 2. The zero-order chi connectivity index (χ0) is 19.0. The molecule has 0 amide bonds. The summed E-state index contributed by atoms with van der Waals surface area (Å²) in [4.78, 5) is 0. The first-order valence-electron chi connectivity index (χ1n) is 9.04. The van der Waals surface area contributed by atoms with Crippen LogP contribution in [0.25, 0.3) is 0 Å². The quantitative estimate of drug-likeness (QED) is 0.754. The fourth-order valence-electron chi connectivity index (χ4n) is 2.89. The fourth-order valence-corrected chi connectivity index (χ4v) is 2.89. The number of benzene rings is 2. The van der Waals surface area contributed by atoms with Gasteiger partial charge in [0.1, 0.15) is 17.6 Å². The van der Waals surface area contributed by atoms with E-state index >= 15 is 0 Å². The molecule has 2 aromatic rings. The molecular formula is C21H26F2O3. The zero-order valence-corrected chi connectivity index (χ0v) is 15.2. The number of phenolic OH excluding ortho intramolecular Hbond substituents is 1. The first-order valence-corrected chi connectivity index (χ1v) is 9.04. The van der Waals surface area contributed by atoms with E-state index in [9.17, 15) is 13.9 Å². The molecule has 1 aliphatic carbocycles. The van der Waals surface area contributed by atoms with Crippen LogP contribution in [0.5, 0.6) is 11.5 Å². The van der Waals surface area contributed by atoms with Crippen LogP contribution in [0.3, 0.4) is 0 Å². The Morgan fingerprint density at radius 3 is 2.35 bits per heavy atom. The Bertz CT molecular complexity index is 644. The van der Waals surface area contributed by atoms with E-state index in [4.69, 9.17) is 9.47 Å². The molecule has 0 bridgehead atoms. The number of halogens is 2. The molecule has 0 heterocycles. The highest BCUT2D eigenvalue weighted by atomic mass is 19.3. The predicted molar refractivity (Wildman–Crippen MR) is 97.7 cm³/mol. The van der Waals surface area contributed by atoms with E-state index in [1.54, 1.807) is 0 Å². The maximum Gasteiger partial charge on any atom is 0.286 e. The summed E-state index contributed by atoms with van der Waals surface area (Å²) in [5, 5.41) is 9.30. The molecule has 1 fully saturated rings. The number of alkyl halides is 2. The molecule has 142 valence electrons. The van der Waals surface area contributed by atoms with Crippen LogP contribution in [0.1, 0.15) is 38.7 Å². The van der Waals surface area contributed by atoms with Crippen molar-refractivity contribution in [1.82, 2.24) is 0 Å². The molecule has 3 nitrogen and oxygen atoms in total. The summed E-state index contributed by atoms with van der Waals surface area (Å²) in [6.07, 6.45) is -1.28. The molecule has 0 saturated heterocycles. The zero-order valence-electron chi connectivity index (χ0n) is 15.2. The SMILES string of the molecule is CC.Oc1ccc(OC2C(OCc3ccccc3)CCCC2(F)F)cc1. The molecule has 5 heteroatoms. The second kappa shape index (κ2) is 9.53. The van der Waals surface area contributed by atoms with Gasteiger partial charge in [-0.05, 0) is 42.7 Å². The number of hydrogen-bond donors (Lipinski definition) is 1. The van der Waals surface area contributed by atoms with Crippen LogP contribution in [-0.4, -0.2) is 23.2 Å². The van der Waals surface area contributed by atoms with E-state index in [2.05, 4.69) is 0 Å². The maximum absolute atomic E-state index is 14.4. The van der Waals surface area contributed by atoms with Crippen molar-refractivity contribution < 1.29 is 23.4 Å². The van der Waals surface area contributed by atoms with Gasteiger partial charge in [-0.1, -0.05) is 44.2 Å². The average Bonchev–Trinajstić information content (AvgIpc) is 2.66. The van der Waals surface area contributed by atoms with E-state index in [0.29, 0.717) is 18.6 Å². The van der Waals surface area contributed by atoms with Gasteiger partial charge in [0, 0.05) is 6.42 Å². The molecule has 3 rings (SSSR count). The molecule has 1 N–H and O–H groups in total. The van der Waals surface area contributed by atoms with Crippen LogP contribution in [0, 0.1) is 0 Å². The molecule has 1 aliphatic rings. The molecule has 2 atom stereocenters. The van der Waals surface area contributed by atoms with Crippen molar-refractivity contribution in [1.29, 1.82) is 0 Å². The van der Waals surface area contributed by atoms with Crippen molar-refractivity contribution in [2.75, 3.05) is 0 Å². The van der Waals surface area contributed by atoms with E-state index in [1.807, 2.05) is 44.2 Å². The average molecular weight is 364 g/mol. The smallest absolute Gasteiger partial charge is 0.286 e. The largest absolute Gasteiger partial charge is 0.508 e. The maximum atomic E-state index is 14.4. The van der Waals surface area contributed by atoms with Crippen molar-refractivity contribution >= 4 is 0 Å². The molecule has 0 radical (unpaired) electrons. The second-order valence-corrected chi connectivity index (χ2v) is 6.02.